The third kappa shape index (κ3) is 3.51. The Kier molecular flexibility index (Phi) is 5.99. The summed E-state index contributed by atoms with van der Waals surface area (Å²) >= 11 is 1.64. The van der Waals surface area contributed by atoms with Gasteiger partial charge in [-0.3, -0.25) is 9.89 Å². The smallest absolute Gasteiger partial charge is 0.274 e. The van der Waals surface area contributed by atoms with Crippen LogP contribution in [0.3, 0.4) is 0 Å². The molecule has 1 atom stereocenters. The summed E-state index contributed by atoms with van der Waals surface area (Å²) in [7, 11) is 0. The molecule has 0 saturated carbocycles. The van der Waals surface area contributed by atoms with E-state index in [2.05, 4.69) is 22.4 Å². The molecular formula is C15H21ClN4OS. The fourth-order valence-corrected chi connectivity index (χ4v) is 3.43. The first kappa shape index (κ1) is 17.0. The van der Waals surface area contributed by atoms with Gasteiger partial charge >= 0.3 is 0 Å². The van der Waals surface area contributed by atoms with Crippen molar-refractivity contribution in [1.82, 2.24) is 20.4 Å². The summed E-state index contributed by atoms with van der Waals surface area (Å²) in [5.41, 5.74) is 1.42. The number of hydrogen-bond acceptors (Lipinski definition) is 4. The molecule has 2 aromatic rings. The maximum atomic E-state index is 12.7. The first-order valence-corrected chi connectivity index (χ1v) is 8.28. The molecule has 1 aliphatic heterocycles. The molecule has 1 fully saturated rings. The molecule has 2 aromatic heterocycles. The molecule has 3 heterocycles. The number of nitrogens with zero attached hydrogens (tertiary/aromatic N) is 2. The second-order valence-corrected chi connectivity index (χ2v) is 6.24. The van der Waals surface area contributed by atoms with E-state index in [0.717, 1.165) is 43.0 Å². The second-order valence-electron chi connectivity index (χ2n) is 5.29. The number of amides is 1. The van der Waals surface area contributed by atoms with Crippen molar-refractivity contribution in [3.63, 3.8) is 0 Å². The molecule has 1 unspecified atom stereocenters. The lowest BCUT2D eigenvalue weighted by Crippen LogP contribution is -2.42. The monoisotopic (exact) mass is 340 g/mol. The molecule has 5 nitrogen and oxygen atoms in total. The molecule has 2 N–H and O–H groups in total. The first-order valence-electron chi connectivity index (χ1n) is 7.40. The average molecular weight is 341 g/mol. The Hall–Kier alpha value is -1.37. The number of thiophene rings is 1. The Morgan fingerprint density at radius 2 is 2.41 bits per heavy atom. The molecule has 0 radical (unpaired) electrons. The van der Waals surface area contributed by atoms with Gasteiger partial charge in [-0.15, -0.1) is 23.7 Å². The van der Waals surface area contributed by atoms with Crippen molar-refractivity contribution >= 4 is 29.7 Å². The van der Waals surface area contributed by atoms with Gasteiger partial charge in [0.25, 0.3) is 5.91 Å². The fraction of sp³-hybridized carbons (Fsp3) is 0.467. The predicted molar refractivity (Wildman–Crippen MR) is 91.8 cm³/mol. The van der Waals surface area contributed by atoms with Crippen LogP contribution in [0.15, 0.2) is 23.6 Å². The van der Waals surface area contributed by atoms with E-state index in [-0.39, 0.29) is 18.3 Å². The first-order chi connectivity index (χ1) is 10.3. The van der Waals surface area contributed by atoms with Crippen LogP contribution in [-0.2, 0) is 0 Å². The molecule has 0 bridgehead atoms. The van der Waals surface area contributed by atoms with Gasteiger partial charge in [0.05, 0.1) is 10.6 Å². The largest absolute Gasteiger partial charge is 0.333 e. The number of carbonyl (C=O) groups excluding carboxylic acids is 1. The SMILES string of the molecule is CCCN(C(=O)c1cc(-c2cccs2)[nH]n1)C1CCNC1.Cl. The van der Waals surface area contributed by atoms with Crippen LogP contribution in [-0.4, -0.2) is 46.7 Å². The molecule has 1 saturated heterocycles. The minimum atomic E-state index is 0. The highest BCUT2D eigenvalue weighted by atomic mass is 35.5. The van der Waals surface area contributed by atoms with Gasteiger partial charge in [0, 0.05) is 19.1 Å². The number of H-pyrrole nitrogens is 1. The van der Waals surface area contributed by atoms with Crippen LogP contribution < -0.4 is 5.32 Å². The van der Waals surface area contributed by atoms with Gasteiger partial charge in [-0.2, -0.15) is 5.10 Å². The third-order valence-corrected chi connectivity index (χ3v) is 4.69. The molecule has 22 heavy (non-hydrogen) atoms. The lowest BCUT2D eigenvalue weighted by molar-refractivity contribution is 0.0686. The maximum absolute atomic E-state index is 12.7. The summed E-state index contributed by atoms with van der Waals surface area (Å²) in [5, 5.41) is 12.5. The van der Waals surface area contributed by atoms with Crippen molar-refractivity contribution < 1.29 is 4.79 Å². The van der Waals surface area contributed by atoms with Crippen LogP contribution >= 0.6 is 23.7 Å². The van der Waals surface area contributed by atoms with Gasteiger partial charge in [0.1, 0.15) is 0 Å². The maximum Gasteiger partial charge on any atom is 0.274 e. The molecule has 3 rings (SSSR count). The van der Waals surface area contributed by atoms with E-state index in [9.17, 15) is 4.79 Å². The number of aromatic amines is 1. The van der Waals surface area contributed by atoms with Gasteiger partial charge in [-0.05, 0) is 36.9 Å². The van der Waals surface area contributed by atoms with Crippen molar-refractivity contribution in [1.29, 1.82) is 0 Å². The number of nitrogens with one attached hydrogen (secondary N) is 2. The van der Waals surface area contributed by atoms with Gasteiger partial charge < -0.3 is 10.2 Å². The number of aromatic nitrogens is 2. The summed E-state index contributed by atoms with van der Waals surface area (Å²) in [5.74, 6) is 0.0320. The van der Waals surface area contributed by atoms with E-state index in [1.165, 1.54) is 0 Å². The topological polar surface area (TPSA) is 61.0 Å². The quantitative estimate of drug-likeness (QED) is 0.879. The minimum absolute atomic E-state index is 0. The van der Waals surface area contributed by atoms with E-state index in [4.69, 9.17) is 0 Å². The Bertz CT molecular complexity index is 592. The average Bonchev–Trinajstić information content (AvgIpc) is 3.25. The van der Waals surface area contributed by atoms with Crippen molar-refractivity contribution in [2.24, 2.45) is 0 Å². The van der Waals surface area contributed by atoms with Crippen molar-refractivity contribution in [2.45, 2.75) is 25.8 Å². The second kappa shape index (κ2) is 7.76. The molecule has 0 aromatic carbocycles. The molecule has 0 spiro atoms. The van der Waals surface area contributed by atoms with Crippen molar-refractivity contribution in [3.8, 4) is 10.6 Å². The summed E-state index contributed by atoms with van der Waals surface area (Å²) in [4.78, 5) is 15.8. The Balaban J connectivity index is 0.00000176. The number of carbonyl (C=O) groups is 1. The van der Waals surface area contributed by atoms with Crippen molar-refractivity contribution in [3.05, 3.63) is 29.3 Å². The van der Waals surface area contributed by atoms with Gasteiger partial charge in [-0.1, -0.05) is 13.0 Å². The van der Waals surface area contributed by atoms with Crippen LogP contribution in [0, 0.1) is 0 Å². The molecule has 1 aliphatic rings. The standard InChI is InChI=1S/C15H20N4OS.ClH/c1-2-7-19(11-5-6-16-10-11)15(20)13-9-12(17-18-13)14-4-3-8-21-14;/h3-4,8-9,11,16H,2,5-7,10H2,1H3,(H,17,18);1H. The van der Waals surface area contributed by atoms with Gasteiger partial charge in [0.15, 0.2) is 5.69 Å². The predicted octanol–water partition coefficient (Wildman–Crippen LogP) is 2.77. The Morgan fingerprint density at radius 3 is 3.05 bits per heavy atom. The number of hydrogen-bond donors (Lipinski definition) is 2. The van der Waals surface area contributed by atoms with E-state index in [1.807, 2.05) is 28.5 Å². The van der Waals surface area contributed by atoms with Crippen molar-refractivity contribution in [2.75, 3.05) is 19.6 Å². The zero-order valence-corrected chi connectivity index (χ0v) is 14.2. The van der Waals surface area contributed by atoms with Crippen LogP contribution in [0.1, 0.15) is 30.3 Å². The summed E-state index contributed by atoms with van der Waals surface area (Å²) in [6, 6.07) is 6.17. The van der Waals surface area contributed by atoms with E-state index in [1.54, 1.807) is 11.3 Å². The number of rotatable bonds is 5. The molecule has 0 aliphatic carbocycles. The third-order valence-electron chi connectivity index (χ3n) is 3.78. The minimum Gasteiger partial charge on any atom is -0.333 e. The molecular weight excluding hydrogens is 320 g/mol. The highest BCUT2D eigenvalue weighted by Gasteiger charge is 2.28. The summed E-state index contributed by atoms with van der Waals surface area (Å²) in [6.07, 6.45) is 1.98. The van der Waals surface area contributed by atoms with E-state index < -0.39 is 0 Å². The van der Waals surface area contributed by atoms with Gasteiger partial charge in [0.2, 0.25) is 0 Å². The van der Waals surface area contributed by atoms with E-state index in [0.29, 0.717) is 11.7 Å². The van der Waals surface area contributed by atoms with Crippen LogP contribution in [0.25, 0.3) is 10.6 Å². The zero-order chi connectivity index (χ0) is 14.7. The molecule has 120 valence electrons. The van der Waals surface area contributed by atoms with E-state index >= 15 is 0 Å². The number of halogens is 1. The normalized spacial score (nSPS) is 17.2. The molecule has 1 amide bonds. The lowest BCUT2D eigenvalue weighted by atomic mass is 10.2. The highest BCUT2D eigenvalue weighted by Crippen LogP contribution is 2.24. The molecule has 7 heteroatoms. The summed E-state index contributed by atoms with van der Waals surface area (Å²) in [6.45, 7) is 4.75. The van der Waals surface area contributed by atoms with Crippen LogP contribution in [0.2, 0.25) is 0 Å². The fourth-order valence-electron chi connectivity index (χ4n) is 2.73. The lowest BCUT2D eigenvalue weighted by Gasteiger charge is -2.27. The highest BCUT2D eigenvalue weighted by molar-refractivity contribution is 7.13. The van der Waals surface area contributed by atoms with Gasteiger partial charge in [-0.25, -0.2) is 0 Å². The zero-order valence-electron chi connectivity index (χ0n) is 12.5. The Labute approximate surface area is 140 Å². The Morgan fingerprint density at radius 1 is 1.55 bits per heavy atom. The summed E-state index contributed by atoms with van der Waals surface area (Å²) < 4.78 is 0. The van der Waals surface area contributed by atoms with Crippen LogP contribution in [0.4, 0.5) is 0 Å². The van der Waals surface area contributed by atoms with Crippen LogP contribution in [0.5, 0.6) is 0 Å².